The quantitative estimate of drug-likeness (QED) is 0.692. The maximum Gasteiger partial charge on any atom is 0.360 e. The van der Waals surface area contributed by atoms with Crippen LogP contribution in [0.3, 0.4) is 0 Å². The lowest BCUT2D eigenvalue weighted by atomic mass is 10.2. The Balaban J connectivity index is 3.01. The molecule has 0 N–H and O–H groups in total. The molecule has 6 heteroatoms. The topological polar surface area (TPSA) is 66.2 Å². The van der Waals surface area contributed by atoms with E-state index in [9.17, 15) is 4.79 Å². The first kappa shape index (κ1) is 14.6. The zero-order valence-corrected chi connectivity index (χ0v) is 11.5. The van der Waals surface area contributed by atoms with Crippen LogP contribution in [0.25, 0.3) is 0 Å². The molecule has 0 saturated heterocycles. The number of methoxy groups -OCH3 is 1. The Morgan fingerprint density at radius 2 is 2.17 bits per heavy atom. The summed E-state index contributed by atoms with van der Waals surface area (Å²) in [6.45, 7) is 6.67. The van der Waals surface area contributed by atoms with Gasteiger partial charge in [0, 0.05) is 7.11 Å². The third-order valence-corrected chi connectivity index (χ3v) is 2.57. The summed E-state index contributed by atoms with van der Waals surface area (Å²) in [6, 6.07) is 0.0484. The Labute approximate surface area is 107 Å². The monoisotopic (exact) mass is 255 g/mol. The molecule has 0 aliphatic heterocycles. The van der Waals surface area contributed by atoms with Crippen molar-refractivity contribution in [1.82, 2.24) is 15.0 Å². The first-order chi connectivity index (χ1) is 8.65. The van der Waals surface area contributed by atoms with E-state index in [0.29, 0.717) is 18.9 Å². The Morgan fingerprint density at radius 1 is 1.44 bits per heavy atom. The number of esters is 1. The van der Waals surface area contributed by atoms with Gasteiger partial charge in [0.15, 0.2) is 5.69 Å². The summed E-state index contributed by atoms with van der Waals surface area (Å²) < 4.78 is 11.8. The van der Waals surface area contributed by atoms with Crippen molar-refractivity contribution in [3.63, 3.8) is 0 Å². The van der Waals surface area contributed by atoms with Gasteiger partial charge < -0.3 is 9.47 Å². The van der Waals surface area contributed by atoms with Gasteiger partial charge in [-0.15, -0.1) is 5.10 Å². The van der Waals surface area contributed by atoms with E-state index in [-0.39, 0.29) is 6.04 Å². The smallest absolute Gasteiger partial charge is 0.360 e. The molecule has 1 heterocycles. The van der Waals surface area contributed by atoms with Gasteiger partial charge in [0.2, 0.25) is 0 Å². The molecule has 1 unspecified atom stereocenters. The van der Waals surface area contributed by atoms with E-state index in [4.69, 9.17) is 9.47 Å². The molecule has 0 amide bonds. The molecule has 1 atom stereocenters. The van der Waals surface area contributed by atoms with Crippen LogP contribution in [-0.4, -0.2) is 41.3 Å². The van der Waals surface area contributed by atoms with E-state index in [1.165, 1.54) is 0 Å². The van der Waals surface area contributed by atoms with Crippen LogP contribution < -0.4 is 0 Å². The van der Waals surface area contributed by atoms with Crippen molar-refractivity contribution in [3.8, 4) is 0 Å². The van der Waals surface area contributed by atoms with Gasteiger partial charge in [-0.25, -0.2) is 9.48 Å². The minimum atomic E-state index is -0.406. The zero-order chi connectivity index (χ0) is 13.5. The van der Waals surface area contributed by atoms with E-state index in [0.717, 1.165) is 18.5 Å². The van der Waals surface area contributed by atoms with Crippen LogP contribution >= 0.6 is 0 Å². The van der Waals surface area contributed by atoms with E-state index in [1.54, 1.807) is 18.7 Å². The van der Waals surface area contributed by atoms with Gasteiger partial charge in [0.1, 0.15) is 0 Å². The molecule has 6 nitrogen and oxygen atoms in total. The minimum absolute atomic E-state index is 0.0484. The van der Waals surface area contributed by atoms with Gasteiger partial charge in [-0.3, -0.25) is 0 Å². The molecular weight excluding hydrogens is 234 g/mol. The number of hydrogen-bond acceptors (Lipinski definition) is 5. The van der Waals surface area contributed by atoms with Gasteiger partial charge in [-0.05, 0) is 20.3 Å². The molecule has 0 spiro atoms. The van der Waals surface area contributed by atoms with Crippen LogP contribution in [0.1, 0.15) is 49.4 Å². The second-order valence-corrected chi connectivity index (χ2v) is 4.10. The average molecular weight is 255 g/mol. The van der Waals surface area contributed by atoms with E-state index < -0.39 is 5.97 Å². The Hall–Kier alpha value is -1.43. The fourth-order valence-corrected chi connectivity index (χ4v) is 1.81. The molecule has 0 radical (unpaired) electrons. The molecule has 0 aromatic carbocycles. The third-order valence-electron chi connectivity index (χ3n) is 2.57. The van der Waals surface area contributed by atoms with Crippen LogP contribution in [-0.2, 0) is 15.9 Å². The van der Waals surface area contributed by atoms with Crippen molar-refractivity contribution in [1.29, 1.82) is 0 Å². The summed E-state index contributed by atoms with van der Waals surface area (Å²) in [4.78, 5) is 11.8. The number of aromatic nitrogens is 3. The van der Waals surface area contributed by atoms with Gasteiger partial charge in [0.25, 0.3) is 0 Å². The highest BCUT2D eigenvalue weighted by Gasteiger charge is 2.22. The van der Waals surface area contributed by atoms with E-state index >= 15 is 0 Å². The molecule has 18 heavy (non-hydrogen) atoms. The minimum Gasteiger partial charge on any atom is -0.461 e. The lowest BCUT2D eigenvalue weighted by molar-refractivity contribution is 0.0518. The number of carbonyl (C=O) groups excluding carboxylic acids is 1. The summed E-state index contributed by atoms with van der Waals surface area (Å²) in [5, 5.41) is 7.98. The number of nitrogens with zero attached hydrogens (tertiary/aromatic N) is 3. The Morgan fingerprint density at radius 3 is 2.72 bits per heavy atom. The highest BCUT2D eigenvalue weighted by molar-refractivity contribution is 5.88. The molecule has 0 aliphatic rings. The summed E-state index contributed by atoms with van der Waals surface area (Å²) in [7, 11) is 1.64. The normalized spacial score (nSPS) is 12.4. The van der Waals surface area contributed by atoms with Crippen LogP contribution in [0.15, 0.2) is 0 Å². The maximum atomic E-state index is 11.8. The van der Waals surface area contributed by atoms with Gasteiger partial charge in [-0.1, -0.05) is 18.6 Å². The lowest BCUT2D eigenvalue weighted by Gasteiger charge is -2.13. The number of hydrogen-bond donors (Lipinski definition) is 0. The van der Waals surface area contributed by atoms with Gasteiger partial charge >= 0.3 is 5.97 Å². The first-order valence-electron chi connectivity index (χ1n) is 6.25. The van der Waals surface area contributed by atoms with Crippen molar-refractivity contribution >= 4 is 5.97 Å². The van der Waals surface area contributed by atoms with Crippen LogP contribution in [0.2, 0.25) is 0 Å². The largest absolute Gasteiger partial charge is 0.461 e. The highest BCUT2D eigenvalue weighted by Crippen LogP contribution is 2.15. The Bertz CT molecular complexity index is 390. The van der Waals surface area contributed by atoms with Crippen molar-refractivity contribution in [2.45, 2.75) is 39.7 Å². The summed E-state index contributed by atoms with van der Waals surface area (Å²) in [5.74, 6) is -0.406. The molecule has 0 bridgehead atoms. The SMILES string of the molecule is CCCc1c(C(=O)OCC)nnn1C(C)COC. The van der Waals surface area contributed by atoms with Crippen molar-refractivity contribution in [2.75, 3.05) is 20.3 Å². The molecule has 1 aromatic rings. The summed E-state index contributed by atoms with van der Waals surface area (Å²) >= 11 is 0. The predicted molar refractivity (Wildman–Crippen MR) is 66.6 cm³/mol. The van der Waals surface area contributed by atoms with Crippen molar-refractivity contribution in [3.05, 3.63) is 11.4 Å². The van der Waals surface area contributed by atoms with Crippen molar-refractivity contribution < 1.29 is 14.3 Å². The number of ether oxygens (including phenoxy) is 2. The Kier molecular flexibility index (Phi) is 5.77. The highest BCUT2D eigenvalue weighted by atomic mass is 16.5. The molecule has 0 fully saturated rings. The lowest BCUT2D eigenvalue weighted by Crippen LogP contribution is -2.17. The average Bonchev–Trinajstić information content (AvgIpc) is 2.74. The molecule has 102 valence electrons. The van der Waals surface area contributed by atoms with Gasteiger partial charge in [0.05, 0.1) is 24.9 Å². The maximum absolute atomic E-state index is 11.8. The van der Waals surface area contributed by atoms with Crippen LogP contribution in [0.5, 0.6) is 0 Å². The zero-order valence-electron chi connectivity index (χ0n) is 11.5. The second-order valence-electron chi connectivity index (χ2n) is 4.10. The molecular formula is C12H21N3O3. The number of carbonyl (C=O) groups is 1. The standard InChI is InChI=1S/C12H21N3O3/c1-5-7-10-11(12(16)18-6-2)13-14-15(10)9(3)8-17-4/h9H,5-8H2,1-4H3. The predicted octanol–water partition coefficient (Wildman–Crippen LogP) is 1.61. The molecule has 0 saturated carbocycles. The first-order valence-corrected chi connectivity index (χ1v) is 6.25. The van der Waals surface area contributed by atoms with E-state index in [1.807, 2.05) is 13.8 Å². The number of rotatable bonds is 7. The summed E-state index contributed by atoms with van der Waals surface area (Å²) in [5.41, 5.74) is 1.14. The van der Waals surface area contributed by atoms with Crippen LogP contribution in [0.4, 0.5) is 0 Å². The second kappa shape index (κ2) is 7.10. The molecule has 1 rings (SSSR count). The fraction of sp³-hybridized carbons (Fsp3) is 0.750. The van der Waals surface area contributed by atoms with Crippen molar-refractivity contribution in [2.24, 2.45) is 0 Å². The van der Waals surface area contributed by atoms with Gasteiger partial charge in [-0.2, -0.15) is 0 Å². The van der Waals surface area contributed by atoms with Crippen LogP contribution in [0, 0.1) is 0 Å². The fourth-order valence-electron chi connectivity index (χ4n) is 1.81. The molecule has 0 aliphatic carbocycles. The van der Waals surface area contributed by atoms with E-state index in [2.05, 4.69) is 10.3 Å². The summed E-state index contributed by atoms with van der Waals surface area (Å²) in [6.07, 6.45) is 1.66. The third kappa shape index (κ3) is 3.29. The molecule has 1 aromatic heterocycles.